The van der Waals surface area contributed by atoms with Crippen molar-refractivity contribution in [1.82, 2.24) is 4.90 Å². The summed E-state index contributed by atoms with van der Waals surface area (Å²) >= 11 is 1.03. The van der Waals surface area contributed by atoms with E-state index in [4.69, 9.17) is 4.89 Å². The van der Waals surface area contributed by atoms with Gasteiger partial charge in [-0.3, -0.25) is 0 Å². The monoisotopic (exact) mass is 269 g/mol. The molecule has 0 spiro atoms. The Morgan fingerprint density at radius 3 is 2.25 bits per heavy atom. The van der Waals surface area contributed by atoms with E-state index >= 15 is 0 Å². The minimum absolute atomic E-state index is 0.431. The van der Waals surface area contributed by atoms with E-state index < -0.39 is 6.80 Å². The highest BCUT2D eigenvalue weighted by atomic mass is 32.7. The van der Waals surface area contributed by atoms with Gasteiger partial charge in [-0.2, -0.15) is 0 Å². The maximum Gasteiger partial charge on any atom is 0.386 e. The Kier molecular flexibility index (Phi) is 9.76. The van der Waals surface area contributed by atoms with Crippen LogP contribution in [0, 0.1) is 0 Å². The average molecular weight is 269 g/mol. The molecule has 0 aromatic carbocycles. The molecule has 6 heteroatoms. The standard InChI is InChI=1S/C6H15N.C4H9O3PS/c1-4-7(5-2)6-3;5-8(6)7-3-1-2-4-9-8/h4-6H2,1-3H3;1-4H2,(H,5,6). The summed E-state index contributed by atoms with van der Waals surface area (Å²) in [5.74, 6) is 0.744. The molecule has 16 heavy (non-hydrogen) atoms. The van der Waals surface area contributed by atoms with E-state index in [0.717, 1.165) is 30.0 Å². The minimum Gasteiger partial charge on any atom is -0.316 e. The van der Waals surface area contributed by atoms with Gasteiger partial charge in [-0.25, -0.2) is 4.57 Å². The molecule has 1 N–H and O–H groups in total. The van der Waals surface area contributed by atoms with Gasteiger partial charge in [-0.05, 0) is 43.9 Å². The Morgan fingerprint density at radius 1 is 1.25 bits per heavy atom. The molecule has 1 saturated heterocycles. The van der Waals surface area contributed by atoms with Crippen LogP contribution in [-0.2, 0) is 9.09 Å². The molecule has 0 aromatic rings. The summed E-state index contributed by atoms with van der Waals surface area (Å²) in [6.07, 6.45) is 1.88. The molecule has 1 unspecified atom stereocenters. The van der Waals surface area contributed by atoms with Crippen LogP contribution in [0.25, 0.3) is 0 Å². The first-order valence-electron chi connectivity index (χ1n) is 5.90. The minimum atomic E-state index is -3.21. The first-order chi connectivity index (χ1) is 7.55. The lowest BCUT2D eigenvalue weighted by Crippen LogP contribution is -2.21. The molecule has 1 atom stereocenters. The van der Waals surface area contributed by atoms with Gasteiger partial charge in [-0.1, -0.05) is 20.8 Å². The molecule has 0 amide bonds. The van der Waals surface area contributed by atoms with Crippen LogP contribution in [0.4, 0.5) is 0 Å². The highest BCUT2D eigenvalue weighted by Crippen LogP contribution is 2.57. The van der Waals surface area contributed by atoms with Crippen LogP contribution in [-0.4, -0.2) is 41.8 Å². The maximum absolute atomic E-state index is 10.8. The third kappa shape index (κ3) is 8.59. The van der Waals surface area contributed by atoms with Crippen molar-refractivity contribution < 1.29 is 14.0 Å². The Hall–Kier alpha value is 0.460. The molecular weight excluding hydrogens is 245 g/mol. The van der Waals surface area contributed by atoms with Gasteiger partial charge >= 0.3 is 6.80 Å². The predicted molar refractivity (Wildman–Crippen MR) is 70.9 cm³/mol. The lowest BCUT2D eigenvalue weighted by Gasteiger charge is -2.13. The summed E-state index contributed by atoms with van der Waals surface area (Å²) in [7, 11) is 0. The van der Waals surface area contributed by atoms with Crippen molar-refractivity contribution in [2.24, 2.45) is 0 Å². The summed E-state index contributed by atoms with van der Waals surface area (Å²) in [6, 6.07) is 0. The Labute approximate surface area is 103 Å². The van der Waals surface area contributed by atoms with Crippen LogP contribution >= 0.6 is 18.2 Å². The average Bonchev–Trinajstić information content (AvgIpc) is 2.45. The maximum atomic E-state index is 10.8. The third-order valence-corrected chi connectivity index (χ3v) is 5.54. The van der Waals surface area contributed by atoms with E-state index in [-0.39, 0.29) is 0 Å². The third-order valence-electron chi connectivity index (χ3n) is 2.39. The van der Waals surface area contributed by atoms with Gasteiger partial charge in [0.05, 0.1) is 6.61 Å². The first-order valence-corrected chi connectivity index (χ1v) is 9.06. The fraction of sp³-hybridized carbons (Fsp3) is 1.00. The summed E-state index contributed by atoms with van der Waals surface area (Å²) < 4.78 is 15.4. The van der Waals surface area contributed by atoms with Crippen LogP contribution in [0.1, 0.15) is 33.6 Å². The zero-order valence-corrected chi connectivity index (χ0v) is 12.2. The summed E-state index contributed by atoms with van der Waals surface area (Å²) in [5, 5.41) is 0. The van der Waals surface area contributed by atoms with Gasteiger partial charge in [0.2, 0.25) is 0 Å². The van der Waals surface area contributed by atoms with Crippen molar-refractivity contribution in [2.75, 3.05) is 32.0 Å². The molecule has 1 aliphatic heterocycles. The van der Waals surface area contributed by atoms with Gasteiger partial charge in [-0.15, -0.1) is 0 Å². The SMILES string of the molecule is CCN(CC)CC.O=P1(O)OCCCCS1. The van der Waals surface area contributed by atoms with Crippen molar-refractivity contribution in [3.63, 3.8) is 0 Å². The molecular formula is C10H24NO3PS. The van der Waals surface area contributed by atoms with Gasteiger partial charge in [0.1, 0.15) is 0 Å². The smallest absolute Gasteiger partial charge is 0.316 e. The highest BCUT2D eigenvalue weighted by Gasteiger charge is 2.21. The molecule has 4 nitrogen and oxygen atoms in total. The van der Waals surface area contributed by atoms with Crippen LogP contribution in [0.15, 0.2) is 0 Å². The fourth-order valence-electron chi connectivity index (χ4n) is 1.27. The molecule has 0 aliphatic carbocycles. The van der Waals surface area contributed by atoms with Crippen molar-refractivity contribution in [2.45, 2.75) is 33.6 Å². The van der Waals surface area contributed by atoms with Crippen LogP contribution in [0.2, 0.25) is 0 Å². The lowest BCUT2D eigenvalue weighted by atomic mass is 10.4. The van der Waals surface area contributed by atoms with Gasteiger partial charge in [0.15, 0.2) is 0 Å². The molecule has 1 heterocycles. The topological polar surface area (TPSA) is 49.8 Å². The molecule has 98 valence electrons. The first kappa shape index (κ1) is 16.5. The summed E-state index contributed by atoms with van der Waals surface area (Å²) in [5.41, 5.74) is 0. The second-order valence-electron chi connectivity index (χ2n) is 3.46. The van der Waals surface area contributed by atoms with Crippen molar-refractivity contribution in [3.8, 4) is 0 Å². The van der Waals surface area contributed by atoms with E-state index in [9.17, 15) is 4.57 Å². The predicted octanol–water partition coefficient (Wildman–Crippen LogP) is 2.98. The molecule has 0 radical (unpaired) electrons. The summed E-state index contributed by atoms with van der Waals surface area (Å²) in [6.45, 7) is 7.34. The fourth-order valence-corrected chi connectivity index (χ4v) is 3.80. The number of hydrogen-bond donors (Lipinski definition) is 1. The van der Waals surface area contributed by atoms with E-state index in [1.807, 2.05) is 0 Å². The quantitative estimate of drug-likeness (QED) is 0.798. The number of nitrogens with zero attached hydrogens (tertiary/aromatic N) is 1. The second-order valence-corrected chi connectivity index (χ2v) is 7.48. The highest BCUT2D eigenvalue weighted by molar-refractivity contribution is 8.54. The molecule has 0 aromatic heterocycles. The van der Waals surface area contributed by atoms with Crippen LogP contribution in [0.3, 0.4) is 0 Å². The molecule has 1 fully saturated rings. The Balaban J connectivity index is 0.000000293. The lowest BCUT2D eigenvalue weighted by molar-refractivity contribution is 0.274. The normalized spacial score (nSPS) is 25.8. The van der Waals surface area contributed by atoms with Crippen molar-refractivity contribution in [3.05, 3.63) is 0 Å². The van der Waals surface area contributed by atoms with Gasteiger partial charge in [0, 0.05) is 5.75 Å². The van der Waals surface area contributed by atoms with Crippen molar-refractivity contribution >= 4 is 18.2 Å². The number of hydrogen-bond acceptors (Lipinski definition) is 4. The van der Waals surface area contributed by atoms with E-state index in [1.54, 1.807) is 0 Å². The molecule has 1 aliphatic rings. The van der Waals surface area contributed by atoms with E-state index in [2.05, 4.69) is 30.2 Å². The Morgan fingerprint density at radius 2 is 1.81 bits per heavy atom. The molecule has 0 saturated carbocycles. The van der Waals surface area contributed by atoms with E-state index in [0.29, 0.717) is 6.61 Å². The van der Waals surface area contributed by atoms with E-state index in [1.165, 1.54) is 19.6 Å². The molecule has 1 rings (SSSR count). The second kappa shape index (κ2) is 9.49. The van der Waals surface area contributed by atoms with Gasteiger partial charge < -0.3 is 14.3 Å². The zero-order valence-electron chi connectivity index (χ0n) is 10.5. The largest absolute Gasteiger partial charge is 0.386 e. The Bertz CT molecular complexity index is 195. The zero-order chi connectivity index (χ0) is 12.4. The molecule has 0 bridgehead atoms. The van der Waals surface area contributed by atoms with Crippen LogP contribution in [0.5, 0.6) is 0 Å². The van der Waals surface area contributed by atoms with Crippen LogP contribution < -0.4 is 0 Å². The number of rotatable bonds is 3. The summed E-state index contributed by atoms with van der Waals surface area (Å²) in [4.78, 5) is 11.2. The van der Waals surface area contributed by atoms with Gasteiger partial charge in [0.25, 0.3) is 0 Å². The van der Waals surface area contributed by atoms with Crippen molar-refractivity contribution in [1.29, 1.82) is 0 Å².